The number of carbonyl (C=O) groups excluding carboxylic acids is 2. The van der Waals surface area contributed by atoms with Gasteiger partial charge in [0.25, 0.3) is 5.56 Å². The van der Waals surface area contributed by atoms with Gasteiger partial charge in [-0.25, -0.2) is 9.97 Å². The van der Waals surface area contributed by atoms with Crippen LogP contribution in [0.2, 0.25) is 0 Å². The van der Waals surface area contributed by atoms with Crippen molar-refractivity contribution in [3.8, 4) is 0 Å². The standard InChI is InChI=1S/C21H26N6O3/c1-14-10-22-20-21(30)24-16(11-27(14)20)4-3-5-18(28)26-8-6-15(7-9-26)19(29)17-12-25(2)13-23-17/h10-13,15H,3-9H2,1-2H3,(H,24,30). The van der Waals surface area contributed by atoms with Crippen molar-refractivity contribution in [1.29, 1.82) is 0 Å². The first-order valence-corrected chi connectivity index (χ1v) is 10.3. The van der Waals surface area contributed by atoms with Gasteiger partial charge in [-0.15, -0.1) is 0 Å². The Morgan fingerprint density at radius 1 is 1.20 bits per heavy atom. The third-order valence-corrected chi connectivity index (χ3v) is 5.76. The van der Waals surface area contributed by atoms with Gasteiger partial charge in [0.1, 0.15) is 5.69 Å². The number of H-pyrrole nitrogens is 1. The highest BCUT2D eigenvalue weighted by Crippen LogP contribution is 2.22. The van der Waals surface area contributed by atoms with E-state index in [1.807, 2.05) is 25.1 Å². The number of aromatic amines is 1. The number of carbonyl (C=O) groups is 2. The van der Waals surface area contributed by atoms with Gasteiger partial charge in [0.15, 0.2) is 5.78 Å². The number of aromatic nitrogens is 5. The second-order valence-electron chi connectivity index (χ2n) is 8.00. The first kappa shape index (κ1) is 20.1. The number of nitrogens with zero attached hydrogens (tertiary/aromatic N) is 5. The molecule has 9 heteroatoms. The molecule has 1 N–H and O–H groups in total. The molecule has 0 atom stereocenters. The quantitative estimate of drug-likeness (QED) is 0.620. The second-order valence-corrected chi connectivity index (χ2v) is 8.00. The van der Waals surface area contributed by atoms with E-state index in [0.29, 0.717) is 56.5 Å². The zero-order chi connectivity index (χ0) is 21.3. The van der Waals surface area contributed by atoms with Gasteiger partial charge in [0, 0.05) is 62.5 Å². The summed E-state index contributed by atoms with van der Waals surface area (Å²) in [5, 5.41) is 0. The molecule has 0 unspecified atom stereocenters. The third-order valence-electron chi connectivity index (χ3n) is 5.76. The lowest BCUT2D eigenvalue weighted by atomic mass is 9.91. The monoisotopic (exact) mass is 410 g/mol. The molecule has 1 amide bonds. The summed E-state index contributed by atoms with van der Waals surface area (Å²) in [5.74, 6) is 0.0944. The minimum absolute atomic E-state index is 0.0665. The minimum Gasteiger partial charge on any atom is -0.343 e. The van der Waals surface area contributed by atoms with Crippen molar-refractivity contribution in [1.82, 2.24) is 28.8 Å². The van der Waals surface area contributed by atoms with Crippen molar-refractivity contribution in [2.75, 3.05) is 13.1 Å². The third kappa shape index (κ3) is 4.05. The fourth-order valence-corrected chi connectivity index (χ4v) is 4.02. The van der Waals surface area contributed by atoms with Crippen molar-refractivity contribution in [3.05, 3.63) is 52.4 Å². The molecule has 4 heterocycles. The fourth-order valence-electron chi connectivity index (χ4n) is 4.02. The smallest absolute Gasteiger partial charge is 0.291 e. The van der Waals surface area contributed by atoms with Crippen LogP contribution in [0.4, 0.5) is 0 Å². The van der Waals surface area contributed by atoms with Gasteiger partial charge in [-0.2, -0.15) is 0 Å². The van der Waals surface area contributed by atoms with Crippen LogP contribution in [0.1, 0.15) is 47.6 Å². The molecule has 3 aromatic rings. The Hall–Kier alpha value is -3.23. The van der Waals surface area contributed by atoms with E-state index in [0.717, 1.165) is 11.4 Å². The number of likely N-dealkylation sites (tertiary alicyclic amines) is 1. The van der Waals surface area contributed by atoms with Crippen LogP contribution in [-0.2, 0) is 18.3 Å². The molecule has 0 bridgehead atoms. The number of amides is 1. The van der Waals surface area contributed by atoms with Crippen LogP contribution in [-0.4, -0.2) is 53.6 Å². The molecule has 4 rings (SSSR count). The van der Waals surface area contributed by atoms with Crippen molar-refractivity contribution >= 4 is 17.3 Å². The van der Waals surface area contributed by atoms with E-state index in [1.54, 1.807) is 27.7 Å². The van der Waals surface area contributed by atoms with Crippen LogP contribution in [0.5, 0.6) is 0 Å². The Bertz CT molecular complexity index is 1130. The zero-order valence-corrected chi connectivity index (χ0v) is 17.3. The molecule has 1 aliphatic heterocycles. The van der Waals surface area contributed by atoms with Crippen molar-refractivity contribution < 1.29 is 9.59 Å². The van der Waals surface area contributed by atoms with Crippen molar-refractivity contribution in [2.45, 2.75) is 39.0 Å². The number of ketones is 1. The number of aryl methyl sites for hydroxylation is 3. The van der Waals surface area contributed by atoms with E-state index in [2.05, 4.69) is 15.0 Å². The maximum Gasteiger partial charge on any atom is 0.291 e. The van der Waals surface area contributed by atoms with E-state index < -0.39 is 0 Å². The molecule has 0 aliphatic carbocycles. The summed E-state index contributed by atoms with van der Waals surface area (Å²) in [4.78, 5) is 50.1. The van der Waals surface area contributed by atoms with Crippen LogP contribution in [0.15, 0.2) is 29.7 Å². The molecule has 9 nitrogen and oxygen atoms in total. The largest absolute Gasteiger partial charge is 0.343 e. The highest BCUT2D eigenvalue weighted by atomic mass is 16.2. The molecule has 0 aromatic carbocycles. The fraction of sp³-hybridized carbons (Fsp3) is 0.476. The average molecular weight is 410 g/mol. The topological polar surface area (TPSA) is 105 Å². The Morgan fingerprint density at radius 3 is 2.67 bits per heavy atom. The Kier molecular flexibility index (Phi) is 5.52. The van der Waals surface area contributed by atoms with Gasteiger partial charge >= 0.3 is 0 Å². The number of rotatable bonds is 6. The van der Waals surface area contributed by atoms with Crippen LogP contribution in [0.25, 0.3) is 5.65 Å². The predicted molar refractivity (Wildman–Crippen MR) is 110 cm³/mol. The molecule has 3 aromatic heterocycles. The SMILES string of the molecule is Cc1cnc2c(=O)[nH]c(CCCC(=O)N3CCC(C(=O)c4cn(C)cn4)CC3)cn12. The van der Waals surface area contributed by atoms with Gasteiger partial charge in [-0.1, -0.05) is 0 Å². The number of piperidine rings is 1. The summed E-state index contributed by atoms with van der Waals surface area (Å²) >= 11 is 0. The summed E-state index contributed by atoms with van der Waals surface area (Å²) in [5.41, 5.74) is 2.36. The summed E-state index contributed by atoms with van der Waals surface area (Å²) in [7, 11) is 1.84. The number of nitrogens with one attached hydrogen (secondary N) is 1. The lowest BCUT2D eigenvalue weighted by molar-refractivity contribution is -0.132. The van der Waals surface area contributed by atoms with E-state index >= 15 is 0 Å². The maximum atomic E-state index is 12.6. The molecule has 1 aliphatic rings. The zero-order valence-electron chi connectivity index (χ0n) is 17.3. The number of imidazole rings is 2. The first-order chi connectivity index (χ1) is 14.4. The lowest BCUT2D eigenvalue weighted by Gasteiger charge is -2.31. The van der Waals surface area contributed by atoms with E-state index in [9.17, 15) is 14.4 Å². The second kappa shape index (κ2) is 8.25. The number of hydrogen-bond acceptors (Lipinski definition) is 5. The Balaban J connectivity index is 1.27. The van der Waals surface area contributed by atoms with Gasteiger partial charge in [0.2, 0.25) is 11.6 Å². The molecule has 1 fully saturated rings. The van der Waals surface area contributed by atoms with Crippen LogP contribution in [0, 0.1) is 12.8 Å². The Labute approximate surface area is 173 Å². The van der Waals surface area contributed by atoms with Crippen LogP contribution >= 0.6 is 0 Å². The van der Waals surface area contributed by atoms with E-state index in [-0.39, 0.29) is 23.2 Å². The predicted octanol–water partition coefficient (Wildman–Crippen LogP) is 1.51. The van der Waals surface area contributed by atoms with E-state index in [1.165, 1.54) is 0 Å². The first-order valence-electron chi connectivity index (χ1n) is 10.3. The molecule has 1 saturated heterocycles. The Morgan fingerprint density at radius 2 is 1.97 bits per heavy atom. The summed E-state index contributed by atoms with van der Waals surface area (Å²) < 4.78 is 3.55. The van der Waals surface area contributed by atoms with Gasteiger partial charge in [-0.3, -0.25) is 18.8 Å². The van der Waals surface area contributed by atoms with Gasteiger partial charge < -0.3 is 14.5 Å². The molecule has 30 heavy (non-hydrogen) atoms. The lowest BCUT2D eigenvalue weighted by Crippen LogP contribution is -2.40. The minimum atomic E-state index is -0.216. The van der Waals surface area contributed by atoms with Crippen molar-refractivity contribution in [3.63, 3.8) is 0 Å². The summed E-state index contributed by atoms with van der Waals surface area (Å²) in [6.07, 6.45) is 9.94. The highest BCUT2D eigenvalue weighted by molar-refractivity contribution is 5.96. The van der Waals surface area contributed by atoms with E-state index in [4.69, 9.17) is 0 Å². The van der Waals surface area contributed by atoms with Crippen LogP contribution < -0.4 is 5.56 Å². The molecule has 0 radical (unpaired) electrons. The normalized spacial score (nSPS) is 15.1. The number of fused-ring (bicyclic) bond motifs is 1. The molecule has 0 spiro atoms. The summed E-state index contributed by atoms with van der Waals surface area (Å²) in [6.45, 7) is 3.09. The molecule has 158 valence electrons. The van der Waals surface area contributed by atoms with Crippen LogP contribution in [0.3, 0.4) is 0 Å². The average Bonchev–Trinajstić information content (AvgIpc) is 3.34. The molecular weight excluding hydrogens is 384 g/mol. The molecular formula is C21H26N6O3. The number of Topliss-reactive ketones (excluding diaryl/α,β-unsaturated/α-hetero) is 1. The summed E-state index contributed by atoms with van der Waals surface area (Å²) in [6, 6.07) is 0. The van der Waals surface area contributed by atoms with Gasteiger partial charge in [-0.05, 0) is 32.6 Å². The van der Waals surface area contributed by atoms with Crippen molar-refractivity contribution in [2.24, 2.45) is 13.0 Å². The highest BCUT2D eigenvalue weighted by Gasteiger charge is 2.28. The maximum absolute atomic E-state index is 12.6. The van der Waals surface area contributed by atoms with Gasteiger partial charge in [0.05, 0.1) is 6.33 Å². The molecule has 0 saturated carbocycles. The number of hydrogen-bond donors (Lipinski definition) is 1.